The molecule has 21 heavy (non-hydrogen) atoms. The van der Waals surface area contributed by atoms with Crippen LogP contribution in [0.5, 0.6) is 0 Å². The van der Waals surface area contributed by atoms with Crippen molar-refractivity contribution in [3.8, 4) is 10.6 Å². The van der Waals surface area contributed by atoms with E-state index in [4.69, 9.17) is 11.6 Å². The van der Waals surface area contributed by atoms with Crippen LogP contribution in [0.3, 0.4) is 0 Å². The first-order chi connectivity index (χ1) is 9.95. The second-order valence-corrected chi connectivity index (χ2v) is 6.30. The summed E-state index contributed by atoms with van der Waals surface area (Å²) in [6.45, 7) is 1.70. The van der Waals surface area contributed by atoms with Crippen molar-refractivity contribution in [2.24, 2.45) is 0 Å². The minimum absolute atomic E-state index is 0.0297. The Labute approximate surface area is 128 Å². The largest absolute Gasteiger partial charge is 0.478 e. The maximum Gasteiger partial charge on any atom is 0.336 e. The van der Waals surface area contributed by atoms with Crippen molar-refractivity contribution < 1.29 is 14.3 Å². The number of fused-ring (bicyclic) bond motifs is 1. The van der Waals surface area contributed by atoms with E-state index in [0.717, 1.165) is 4.88 Å². The Morgan fingerprint density at radius 2 is 2.10 bits per heavy atom. The Hall–Kier alpha value is -1.98. The molecule has 1 N–H and O–H groups in total. The lowest BCUT2D eigenvalue weighted by Gasteiger charge is -2.08. The molecule has 0 aliphatic carbocycles. The number of aryl methyl sites for hydroxylation is 1. The summed E-state index contributed by atoms with van der Waals surface area (Å²) >= 11 is 7.22. The number of carboxylic acid groups (broad SMARTS) is 1. The lowest BCUT2D eigenvalue weighted by molar-refractivity contribution is 0.0699. The van der Waals surface area contributed by atoms with Crippen LogP contribution in [0.1, 0.15) is 15.9 Å². The Morgan fingerprint density at radius 3 is 2.71 bits per heavy atom. The molecular weight excluding hydrogens is 313 g/mol. The first-order valence-corrected chi connectivity index (χ1v) is 7.25. The van der Waals surface area contributed by atoms with E-state index < -0.39 is 11.8 Å². The molecule has 0 spiro atoms. The highest BCUT2D eigenvalue weighted by atomic mass is 35.5. The van der Waals surface area contributed by atoms with Gasteiger partial charge in [-0.2, -0.15) is 0 Å². The summed E-state index contributed by atoms with van der Waals surface area (Å²) in [4.78, 5) is 16.7. The van der Waals surface area contributed by atoms with Crippen LogP contribution in [0.25, 0.3) is 21.5 Å². The van der Waals surface area contributed by atoms with Crippen molar-refractivity contribution in [2.75, 3.05) is 0 Å². The van der Waals surface area contributed by atoms with Crippen LogP contribution in [-0.2, 0) is 0 Å². The summed E-state index contributed by atoms with van der Waals surface area (Å²) in [6, 6.07) is 7.50. The van der Waals surface area contributed by atoms with Gasteiger partial charge < -0.3 is 5.11 Å². The van der Waals surface area contributed by atoms with Gasteiger partial charge in [-0.1, -0.05) is 11.6 Å². The molecule has 0 bridgehead atoms. The number of aromatic nitrogens is 1. The third-order valence-corrected chi connectivity index (χ3v) is 4.38. The minimum Gasteiger partial charge on any atom is -0.478 e. The van der Waals surface area contributed by atoms with Crippen LogP contribution in [0.2, 0.25) is 4.34 Å². The molecular formula is C15H9ClFNO2S. The van der Waals surface area contributed by atoms with E-state index >= 15 is 0 Å². The van der Waals surface area contributed by atoms with Gasteiger partial charge in [0.25, 0.3) is 0 Å². The molecule has 0 fully saturated rings. The lowest BCUT2D eigenvalue weighted by atomic mass is 10.0. The number of hydrogen-bond acceptors (Lipinski definition) is 3. The number of rotatable bonds is 2. The van der Waals surface area contributed by atoms with Crippen LogP contribution in [-0.4, -0.2) is 16.1 Å². The zero-order valence-corrected chi connectivity index (χ0v) is 12.4. The average molecular weight is 322 g/mol. The second-order valence-electron chi connectivity index (χ2n) is 4.58. The molecule has 3 aromatic rings. The maximum atomic E-state index is 13.5. The van der Waals surface area contributed by atoms with Gasteiger partial charge >= 0.3 is 5.97 Å². The molecule has 106 valence electrons. The van der Waals surface area contributed by atoms with Crippen LogP contribution >= 0.6 is 22.9 Å². The maximum absolute atomic E-state index is 13.5. The summed E-state index contributed by atoms with van der Waals surface area (Å²) < 4.78 is 14.1. The van der Waals surface area contributed by atoms with Crippen molar-refractivity contribution >= 4 is 39.8 Å². The van der Waals surface area contributed by atoms with Crippen molar-refractivity contribution in [3.05, 3.63) is 51.6 Å². The predicted octanol–water partition coefficient (Wildman–Crippen LogP) is 4.76. The lowest BCUT2D eigenvalue weighted by Crippen LogP contribution is -2.01. The first-order valence-electron chi connectivity index (χ1n) is 6.05. The Kier molecular flexibility index (Phi) is 3.39. The van der Waals surface area contributed by atoms with Gasteiger partial charge in [-0.15, -0.1) is 11.3 Å². The predicted molar refractivity (Wildman–Crippen MR) is 81.7 cm³/mol. The van der Waals surface area contributed by atoms with Gasteiger partial charge in [-0.05, 0) is 42.8 Å². The quantitative estimate of drug-likeness (QED) is 0.740. The number of hydrogen-bond donors (Lipinski definition) is 1. The number of pyridine rings is 1. The number of carbonyl (C=O) groups is 1. The van der Waals surface area contributed by atoms with Crippen molar-refractivity contribution in [1.82, 2.24) is 4.98 Å². The number of halogens is 2. The fourth-order valence-electron chi connectivity index (χ4n) is 2.21. The standard InChI is InChI=1S/C15H9ClFNO2S/c1-7-4-8(17)5-9-10(15(19)20)6-11(18-14(7)9)12-2-3-13(16)21-12/h2-6H,1H3,(H,19,20). The van der Waals surface area contributed by atoms with E-state index in [0.29, 0.717) is 26.5 Å². The molecule has 1 aromatic carbocycles. The zero-order chi connectivity index (χ0) is 15.1. The van der Waals surface area contributed by atoms with Gasteiger partial charge in [0.15, 0.2) is 0 Å². The van der Waals surface area contributed by atoms with Crippen LogP contribution in [0, 0.1) is 12.7 Å². The molecule has 0 saturated heterocycles. The molecule has 0 atom stereocenters. The molecule has 3 nitrogen and oxygen atoms in total. The summed E-state index contributed by atoms with van der Waals surface area (Å²) in [5.41, 5.74) is 1.63. The van der Waals surface area contributed by atoms with E-state index in [9.17, 15) is 14.3 Å². The van der Waals surface area contributed by atoms with Crippen molar-refractivity contribution in [3.63, 3.8) is 0 Å². The second kappa shape index (κ2) is 5.09. The number of aromatic carboxylic acids is 1. The number of nitrogens with zero attached hydrogens (tertiary/aromatic N) is 1. The number of carboxylic acids is 1. The first kappa shape index (κ1) is 14.0. The molecule has 2 aromatic heterocycles. The van der Waals surface area contributed by atoms with E-state index in [-0.39, 0.29) is 5.56 Å². The average Bonchev–Trinajstić information content (AvgIpc) is 2.84. The third kappa shape index (κ3) is 2.50. The highest BCUT2D eigenvalue weighted by Gasteiger charge is 2.16. The van der Waals surface area contributed by atoms with E-state index in [1.165, 1.54) is 29.5 Å². The molecule has 0 aliphatic heterocycles. The van der Waals surface area contributed by atoms with Gasteiger partial charge in [0.05, 0.1) is 26.0 Å². The van der Waals surface area contributed by atoms with Crippen LogP contribution in [0.15, 0.2) is 30.3 Å². The highest BCUT2D eigenvalue weighted by molar-refractivity contribution is 7.19. The molecule has 3 rings (SSSR count). The zero-order valence-electron chi connectivity index (χ0n) is 10.9. The molecule has 0 radical (unpaired) electrons. The smallest absolute Gasteiger partial charge is 0.336 e. The van der Waals surface area contributed by atoms with Gasteiger partial charge in [-0.3, -0.25) is 0 Å². The highest BCUT2D eigenvalue weighted by Crippen LogP contribution is 2.33. The molecule has 0 aliphatic rings. The summed E-state index contributed by atoms with van der Waals surface area (Å²) in [5.74, 6) is -1.59. The topological polar surface area (TPSA) is 50.2 Å². The van der Waals surface area contributed by atoms with Crippen molar-refractivity contribution in [2.45, 2.75) is 6.92 Å². The normalized spacial score (nSPS) is 11.0. The van der Waals surface area contributed by atoms with Crippen LogP contribution < -0.4 is 0 Å². The van der Waals surface area contributed by atoms with Gasteiger partial charge in [0.1, 0.15) is 5.82 Å². The van der Waals surface area contributed by atoms with Gasteiger partial charge in [0, 0.05) is 5.39 Å². The fourth-order valence-corrected chi connectivity index (χ4v) is 3.22. The molecule has 0 unspecified atom stereocenters. The third-order valence-electron chi connectivity index (χ3n) is 3.12. The minimum atomic E-state index is -1.11. The Morgan fingerprint density at radius 1 is 1.33 bits per heavy atom. The van der Waals surface area contributed by atoms with Gasteiger partial charge in [-0.25, -0.2) is 14.2 Å². The molecule has 2 heterocycles. The number of benzene rings is 1. The summed E-state index contributed by atoms with van der Waals surface area (Å²) in [7, 11) is 0. The Balaban J connectivity index is 2.37. The Bertz CT molecular complexity index is 875. The van der Waals surface area contributed by atoms with Crippen LogP contribution in [0.4, 0.5) is 4.39 Å². The summed E-state index contributed by atoms with van der Waals surface area (Å²) in [5, 5.41) is 9.67. The summed E-state index contributed by atoms with van der Waals surface area (Å²) in [6.07, 6.45) is 0. The monoisotopic (exact) mass is 321 g/mol. The molecule has 0 saturated carbocycles. The number of thiophene rings is 1. The van der Waals surface area contributed by atoms with Gasteiger partial charge in [0.2, 0.25) is 0 Å². The van der Waals surface area contributed by atoms with E-state index in [1.807, 2.05) is 0 Å². The molecule has 0 amide bonds. The van der Waals surface area contributed by atoms with E-state index in [2.05, 4.69) is 4.98 Å². The van der Waals surface area contributed by atoms with Crippen molar-refractivity contribution in [1.29, 1.82) is 0 Å². The van der Waals surface area contributed by atoms with E-state index in [1.54, 1.807) is 19.1 Å². The SMILES string of the molecule is Cc1cc(F)cc2c(C(=O)O)cc(-c3ccc(Cl)s3)nc12. The molecule has 6 heteroatoms. The fraction of sp³-hybridized carbons (Fsp3) is 0.0667.